The fourth-order valence-electron chi connectivity index (χ4n) is 2.44. The van der Waals surface area contributed by atoms with E-state index in [2.05, 4.69) is 59.7 Å². The Morgan fingerprint density at radius 3 is 2.81 bits per heavy atom. The Kier molecular flexibility index (Phi) is 9.16. The number of rotatable bonds is 7. The Balaban J connectivity index is 2.22. The number of thioether (sulfide) groups is 1. The molecule has 0 saturated carbocycles. The first-order valence-corrected chi connectivity index (χ1v) is 9.40. The van der Waals surface area contributed by atoms with Gasteiger partial charge in [-0.2, -0.15) is 11.8 Å². The molecule has 1 unspecified atom stereocenters. The lowest BCUT2D eigenvalue weighted by Gasteiger charge is -2.34. The second-order valence-electron chi connectivity index (χ2n) is 6.10. The maximum absolute atomic E-state index is 4.45. The standard InChI is InChI=1S/C16H34N4S/c1-6-15-13-20(11-12-21-15)16(17-4)18-9-7-8-10-19(5)14(2)3/h14-15H,6-13H2,1-5H3,(H,17,18). The summed E-state index contributed by atoms with van der Waals surface area (Å²) in [5.41, 5.74) is 0. The van der Waals surface area contributed by atoms with Crippen molar-refractivity contribution in [2.45, 2.75) is 51.3 Å². The minimum absolute atomic E-state index is 0.641. The predicted octanol–water partition coefficient (Wildman–Crippen LogP) is 2.51. The smallest absolute Gasteiger partial charge is 0.193 e. The number of guanidine groups is 1. The molecule has 1 saturated heterocycles. The molecule has 1 atom stereocenters. The van der Waals surface area contributed by atoms with E-state index < -0.39 is 0 Å². The van der Waals surface area contributed by atoms with Gasteiger partial charge in [-0.3, -0.25) is 4.99 Å². The molecule has 21 heavy (non-hydrogen) atoms. The van der Waals surface area contributed by atoms with Gasteiger partial charge in [-0.15, -0.1) is 0 Å². The zero-order valence-corrected chi connectivity index (χ0v) is 15.4. The topological polar surface area (TPSA) is 30.9 Å². The molecule has 1 fully saturated rings. The summed E-state index contributed by atoms with van der Waals surface area (Å²) >= 11 is 2.10. The summed E-state index contributed by atoms with van der Waals surface area (Å²) in [6.07, 6.45) is 3.70. The molecular formula is C16H34N4S. The second-order valence-corrected chi connectivity index (χ2v) is 7.51. The average molecular weight is 315 g/mol. The van der Waals surface area contributed by atoms with Crippen molar-refractivity contribution in [2.75, 3.05) is 46.0 Å². The van der Waals surface area contributed by atoms with Crippen LogP contribution in [0.2, 0.25) is 0 Å². The van der Waals surface area contributed by atoms with Crippen LogP contribution in [0.4, 0.5) is 0 Å². The molecule has 5 heteroatoms. The Morgan fingerprint density at radius 1 is 1.43 bits per heavy atom. The number of hydrogen-bond acceptors (Lipinski definition) is 3. The van der Waals surface area contributed by atoms with Crippen molar-refractivity contribution in [3.8, 4) is 0 Å². The van der Waals surface area contributed by atoms with Crippen LogP contribution in [-0.4, -0.2) is 73.1 Å². The monoisotopic (exact) mass is 314 g/mol. The molecular weight excluding hydrogens is 280 g/mol. The molecule has 1 rings (SSSR count). The van der Waals surface area contributed by atoms with Crippen LogP contribution in [0.3, 0.4) is 0 Å². The first-order valence-electron chi connectivity index (χ1n) is 8.35. The SMILES string of the molecule is CCC1CN(C(=NC)NCCCCN(C)C(C)C)CCS1. The van der Waals surface area contributed by atoms with E-state index in [0.717, 1.165) is 30.8 Å². The molecule has 1 aliphatic heterocycles. The molecule has 0 aromatic heterocycles. The molecule has 4 nitrogen and oxygen atoms in total. The number of aliphatic imine (C=N–C) groups is 1. The van der Waals surface area contributed by atoms with E-state index in [1.807, 2.05) is 7.05 Å². The lowest BCUT2D eigenvalue weighted by Crippen LogP contribution is -2.48. The second kappa shape index (κ2) is 10.3. The lowest BCUT2D eigenvalue weighted by molar-refractivity contribution is 0.268. The number of unbranched alkanes of at least 4 members (excludes halogenated alkanes) is 1. The quantitative estimate of drug-likeness (QED) is 0.444. The van der Waals surface area contributed by atoms with Gasteiger partial charge >= 0.3 is 0 Å². The van der Waals surface area contributed by atoms with Crippen LogP contribution >= 0.6 is 11.8 Å². The summed E-state index contributed by atoms with van der Waals surface area (Å²) in [6, 6.07) is 0.641. The predicted molar refractivity (Wildman–Crippen MR) is 96.5 cm³/mol. The maximum Gasteiger partial charge on any atom is 0.193 e. The summed E-state index contributed by atoms with van der Waals surface area (Å²) < 4.78 is 0. The summed E-state index contributed by atoms with van der Waals surface area (Å²) in [7, 11) is 4.10. The van der Waals surface area contributed by atoms with Crippen LogP contribution < -0.4 is 5.32 Å². The lowest BCUT2D eigenvalue weighted by atomic mass is 10.2. The minimum Gasteiger partial charge on any atom is -0.356 e. The summed E-state index contributed by atoms with van der Waals surface area (Å²) in [5.74, 6) is 2.31. The Hall–Kier alpha value is -0.420. The third-order valence-corrected chi connectivity index (χ3v) is 5.58. The molecule has 0 spiro atoms. The first-order chi connectivity index (χ1) is 10.1. The molecule has 124 valence electrons. The molecule has 0 radical (unpaired) electrons. The van der Waals surface area contributed by atoms with Crippen molar-refractivity contribution in [3.05, 3.63) is 0 Å². The van der Waals surface area contributed by atoms with Crippen molar-refractivity contribution in [1.29, 1.82) is 0 Å². The van der Waals surface area contributed by atoms with Crippen molar-refractivity contribution in [1.82, 2.24) is 15.1 Å². The molecule has 1 aliphatic rings. The number of nitrogens with one attached hydrogen (secondary N) is 1. The molecule has 1 N–H and O–H groups in total. The van der Waals surface area contributed by atoms with Crippen LogP contribution in [0.15, 0.2) is 4.99 Å². The van der Waals surface area contributed by atoms with Gasteiger partial charge in [0.15, 0.2) is 5.96 Å². The van der Waals surface area contributed by atoms with Gasteiger partial charge < -0.3 is 15.1 Å². The average Bonchev–Trinajstić information content (AvgIpc) is 2.50. The highest BCUT2D eigenvalue weighted by molar-refractivity contribution is 8.00. The van der Waals surface area contributed by atoms with Crippen molar-refractivity contribution in [3.63, 3.8) is 0 Å². The third-order valence-electron chi connectivity index (χ3n) is 4.21. The third kappa shape index (κ3) is 6.92. The number of hydrogen-bond donors (Lipinski definition) is 1. The van der Waals surface area contributed by atoms with Crippen molar-refractivity contribution in [2.24, 2.45) is 4.99 Å². The van der Waals surface area contributed by atoms with Crippen molar-refractivity contribution >= 4 is 17.7 Å². The van der Waals surface area contributed by atoms with Gasteiger partial charge in [0.2, 0.25) is 0 Å². The van der Waals surface area contributed by atoms with Crippen molar-refractivity contribution < 1.29 is 0 Å². The van der Waals surface area contributed by atoms with E-state index in [1.165, 1.54) is 31.6 Å². The maximum atomic E-state index is 4.45. The Morgan fingerprint density at radius 2 is 2.19 bits per heavy atom. The molecule has 0 aromatic rings. The number of nitrogens with zero attached hydrogens (tertiary/aromatic N) is 3. The van der Waals surface area contributed by atoms with E-state index in [9.17, 15) is 0 Å². The van der Waals surface area contributed by atoms with Gasteiger partial charge in [-0.1, -0.05) is 6.92 Å². The fourth-order valence-corrected chi connectivity index (χ4v) is 3.62. The largest absolute Gasteiger partial charge is 0.356 e. The van der Waals surface area contributed by atoms with Gasteiger partial charge in [0.25, 0.3) is 0 Å². The van der Waals surface area contributed by atoms with Crippen LogP contribution in [-0.2, 0) is 0 Å². The van der Waals surface area contributed by atoms with E-state index >= 15 is 0 Å². The minimum atomic E-state index is 0.641. The normalized spacial score (nSPS) is 20.4. The van der Waals surface area contributed by atoms with E-state index in [1.54, 1.807) is 0 Å². The highest BCUT2D eigenvalue weighted by Gasteiger charge is 2.21. The molecule has 1 heterocycles. The summed E-state index contributed by atoms with van der Waals surface area (Å²) in [5, 5.41) is 4.30. The van der Waals surface area contributed by atoms with Crippen LogP contribution in [0.1, 0.15) is 40.0 Å². The van der Waals surface area contributed by atoms with E-state index in [4.69, 9.17) is 0 Å². The highest BCUT2D eigenvalue weighted by atomic mass is 32.2. The van der Waals surface area contributed by atoms with E-state index in [0.29, 0.717) is 6.04 Å². The van der Waals surface area contributed by atoms with Crippen LogP contribution in [0.25, 0.3) is 0 Å². The Bertz CT molecular complexity index is 307. The molecule has 0 bridgehead atoms. The fraction of sp³-hybridized carbons (Fsp3) is 0.938. The molecule has 0 amide bonds. The Labute approximate surface area is 135 Å². The van der Waals surface area contributed by atoms with Crippen LogP contribution in [0.5, 0.6) is 0 Å². The van der Waals surface area contributed by atoms with Gasteiger partial charge in [-0.05, 0) is 46.7 Å². The highest BCUT2D eigenvalue weighted by Crippen LogP contribution is 2.20. The van der Waals surface area contributed by atoms with Gasteiger partial charge in [0.05, 0.1) is 0 Å². The first kappa shape index (κ1) is 18.6. The van der Waals surface area contributed by atoms with Gasteiger partial charge in [0.1, 0.15) is 0 Å². The van der Waals surface area contributed by atoms with Crippen LogP contribution in [0, 0.1) is 0 Å². The van der Waals surface area contributed by atoms with Gasteiger partial charge in [-0.25, -0.2) is 0 Å². The zero-order chi connectivity index (χ0) is 15.7. The molecule has 0 aliphatic carbocycles. The van der Waals surface area contributed by atoms with Gasteiger partial charge in [0, 0.05) is 43.7 Å². The molecule has 0 aromatic carbocycles. The zero-order valence-electron chi connectivity index (χ0n) is 14.6. The summed E-state index contributed by atoms with van der Waals surface area (Å²) in [6.45, 7) is 11.2. The van der Waals surface area contributed by atoms with E-state index in [-0.39, 0.29) is 0 Å². The summed E-state index contributed by atoms with van der Waals surface area (Å²) in [4.78, 5) is 9.28.